The van der Waals surface area contributed by atoms with Crippen LogP contribution in [0.1, 0.15) is 17.3 Å². The highest BCUT2D eigenvalue weighted by atomic mass is 16.3. The molecule has 1 saturated heterocycles. The van der Waals surface area contributed by atoms with Gasteiger partial charge in [0, 0.05) is 37.8 Å². The summed E-state index contributed by atoms with van der Waals surface area (Å²) in [6.07, 6.45) is 0. The molecule has 0 unspecified atom stereocenters. The first kappa shape index (κ1) is 11.9. The molecule has 4 nitrogen and oxygen atoms in total. The van der Waals surface area contributed by atoms with Crippen LogP contribution in [-0.4, -0.2) is 42.2 Å². The fourth-order valence-corrected chi connectivity index (χ4v) is 2.04. The topological polar surface area (TPSA) is 52.6 Å². The minimum Gasteiger partial charge on any atom is -0.396 e. The highest BCUT2D eigenvalue weighted by Gasteiger charge is 2.31. The number of hydrogen-bond acceptors (Lipinski definition) is 3. The molecule has 2 rings (SSSR count). The Kier molecular flexibility index (Phi) is 3.64. The molecule has 0 aromatic heterocycles. The fourth-order valence-electron chi connectivity index (χ4n) is 2.04. The Morgan fingerprint density at radius 1 is 1.47 bits per heavy atom. The molecule has 0 saturated carbocycles. The standard InChI is InChI=1S/C13H18N2O2/c1-2-14-12-6-4-3-5-11(12)13(17)15-7-10(8-15)9-16/h3-6,10,14,16H,2,7-9H2,1H3. The van der Waals surface area contributed by atoms with Gasteiger partial charge in [-0.2, -0.15) is 0 Å². The second-order valence-corrected chi connectivity index (χ2v) is 4.33. The van der Waals surface area contributed by atoms with Gasteiger partial charge in [0.25, 0.3) is 5.91 Å². The van der Waals surface area contributed by atoms with Crippen LogP contribution in [0, 0.1) is 5.92 Å². The molecule has 1 aliphatic heterocycles. The van der Waals surface area contributed by atoms with Gasteiger partial charge in [0.1, 0.15) is 0 Å². The molecular weight excluding hydrogens is 216 g/mol. The van der Waals surface area contributed by atoms with Gasteiger partial charge in [0.15, 0.2) is 0 Å². The number of amides is 1. The van der Waals surface area contributed by atoms with Gasteiger partial charge in [-0.3, -0.25) is 4.79 Å². The molecule has 0 aliphatic carbocycles. The van der Waals surface area contributed by atoms with Crippen molar-refractivity contribution >= 4 is 11.6 Å². The van der Waals surface area contributed by atoms with Crippen molar-refractivity contribution in [1.29, 1.82) is 0 Å². The van der Waals surface area contributed by atoms with Gasteiger partial charge in [-0.15, -0.1) is 0 Å². The van der Waals surface area contributed by atoms with Gasteiger partial charge in [0.05, 0.1) is 5.56 Å². The molecule has 0 bridgehead atoms. The third-order valence-corrected chi connectivity index (χ3v) is 3.03. The van der Waals surface area contributed by atoms with Gasteiger partial charge >= 0.3 is 0 Å². The van der Waals surface area contributed by atoms with E-state index in [-0.39, 0.29) is 18.4 Å². The van der Waals surface area contributed by atoms with E-state index in [1.165, 1.54) is 0 Å². The van der Waals surface area contributed by atoms with E-state index in [0.717, 1.165) is 12.2 Å². The maximum absolute atomic E-state index is 12.2. The highest BCUT2D eigenvalue weighted by Crippen LogP contribution is 2.22. The lowest BCUT2D eigenvalue weighted by Crippen LogP contribution is -2.51. The minimum atomic E-state index is 0.0475. The number of carbonyl (C=O) groups is 1. The van der Waals surface area contributed by atoms with Gasteiger partial charge in [0.2, 0.25) is 0 Å². The monoisotopic (exact) mass is 234 g/mol. The molecule has 1 heterocycles. The van der Waals surface area contributed by atoms with Crippen LogP contribution in [-0.2, 0) is 0 Å². The molecule has 1 aromatic carbocycles. The van der Waals surface area contributed by atoms with Gasteiger partial charge in [-0.1, -0.05) is 12.1 Å². The van der Waals surface area contributed by atoms with Crippen molar-refractivity contribution in [3.05, 3.63) is 29.8 Å². The lowest BCUT2D eigenvalue weighted by Gasteiger charge is -2.38. The summed E-state index contributed by atoms with van der Waals surface area (Å²) in [6, 6.07) is 7.55. The summed E-state index contributed by atoms with van der Waals surface area (Å²) in [4.78, 5) is 14.0. The number of rotatable bonds is 4. The van der Waals surface area contributed by atoms with Crippen molar-refractivity contribution < 1.29 is 9.90 Å². The summed E-state index contributed by atoms with van der Waals surface area (Å²) in [6.45, 7) is 4.29. The van der Waals surface area contributed by atoms with E-state index in [4.69, 9.17) is 5.11 Å². The Morgan fingerprint density at radius 2 is 2.18 bits per heavy atom. The molecule has 0 radical (unpaired) electrons. The molecule has 17 heavy (non-hydrogen) atoms. The zero-order valence-corrected chi connectivity index (χ0v) is 10.0. The molecule has 0 spiro atoms. The van der Waals surface area contributed by atoms with Crippen molar-refractivity contribution in [2.45, 2.75) is 6.92 Å². The van der Waals surface area contributed by atoms with Gasteiger partial charge in [-0.05, 0) is 19.1 Å². The summed E-state index contributed by atoms with van der Waals surface area (Å²) in [5.74, 6) is 0.302. The van der Waals surface area contributed by atoms with E-state index in [1.54, 1.807) is 4.90 Å². The summed E-state index contributed by atoms with van der Waals surface area (Å²) < 4.78 is 0. The molecule has 1 aromatic rings. The van der Waals surface area contributed by atoms with Crippen LogP contribution in [0.3, 0.4) is 0 Å². The molecule has 4 heteroatoms. The first-order chi connectivity index (χ1) is 8.26. The van der Waals surface area contributed by atoms with Crippen LogP contribution < -0.4 is 5.32 Å². The molecule has 1 amide bonds. The van der Waals surface area contributed by atoms with Crippen LogP contribution in [0.15, 0.2) is 24.3 Å². The fraction of sp³-hybridized carbons (Fsp3) is 0.462. The van der Waals surface area contributed by atoms with E-state index in [2.05, 4.69) is 5.32 Å². The largest absolute Gasteiger partial charge is 0.396 e. The second kappa shape index (κ2) is 5.19. The van der Waals surface area contributed by atoms with Crippen molar-refractivity contribution in [3.63, 3.8) is 0 Å². The van der Waals surface area contributed by atoms with E-state index < -0.39 is 0 Å². The average molecular weight is 234 g/mol. The Hall–Kier alpha value is -1.55. The number of aliphatic hydroxyl groups is 1. The average Bonchev–Trinajstić information content (AvgIpc) is 2.28. The Morgan fingerprint density at radius 3 is 2.82 bits per heavy atom. The quantitative estimate of drug-likeness (QED) is 0.822. The molecule has 1 aliphatic rings. The van der Waals surface area contributed by atoms with Crippen LogP contribution in [0.25, 0.3) is 0 Å². The molecule has 1 fully saturated rings. The Labute approximate surface area is 101 Å². The first-order valence-electron chi connectivity index (χ1n) is 5.99. The molecule has 92 valence electrons. The Balaban J connectivity index is 2.09. The second-order valence-electron chi connectivity index (χ2n) is 4.33. The Bertz CT molecular complexity index is 400. The smallest absolute Gasteiger partial charge is 0.255 e. The predicted octanol–water partition coefficient (Wildman–Crippen LogP) is 1.18. The van der Waals surface area contributed by atoms with E-state index >= 15 is 0 Å². The highest BCUT2D eigenvalue weighted by molar-refractivity contribution is 6.00. The summed E-state index contributed by atoms with van der Waals surface area (Å²) in [7, 11) is 0. The number of anilines is 1. The first-order valence-corrected chi connectivity index (χ1v) is 5.99. The van der Waals surface area contributed by atoms with Crippen molar-refractivity contribution in [3.8, 4) is 0 Å². The zero-order valence-electron chi connectivity index (χ0n) is 10.0. The van der Waals surface area contributed by atoms with Crippen LogP contribution in [0.4, 0.5) is 5.69 Å². The molecule has 0 atom stereocenters. The lowest BCUT2D eigenvalue weighted by atomic mass is 9.99. The van der Waals surface area contributed by atoms with Gasteiger partial charge < -0.3 is 15.3 Å². The molecule has 2 N–H and O–H groups in total. The number of hydrogen-bond donors (Lipinski definition) is 2. The number of benzene rings is 1. The van der Waals surface area contributed by atoms with Crippen molar-refractivity contribution in [2.24, 2.45) is 5.92 Å². The third-order valence-electron chi connectivity index (χ3n) is 3.03. The number of para-hydroxylation sites is 1. The zero-order chi connectivity index (χ0) is 12.3. The normalized spacial score (nSPS) is 15.5. The number of carbonyl (C=O) groups excluding carboxylic acids is 1. The summed E-state index contributed by atoms with van der Waals surface area (Å²) in [5, 5.41) is 12.1. The van der Waals surface area contributed by atoms with Gasteiger partial charge in [-0.25, -0.2) is 0 Å². The maximum atomic E-state index is 12.2. The van der Waals surface area contributed by atoms with Crippen molar-refractivity contribution in [2.75, 3.05) is 31.6 Å². The molecular formula is C13H18N2O2. The summed E-state index contributed by atoms with van der Waals surface area (Å²) >= 11 is 0. The SMILES string of the molecule is CCNc1ccccc1C(=O)N1CC(CO)C1. The lowest BCUT2D eigenvalue weighted by molar-refractivity contribution is 0.0363. The number of likely N-dealkylation sites (tertiary alicyclic amines) is 1. The van der Waals surface area contributed by atoms with E-state index in [0.29, 0.717) is 18.7 Å². The number of aliphatic hydroxyl groups excluding tert-OH is 1. The van der Waals surface area contributed by atoms with Crippen LogP contribution in [0.2, 0.25) is 0 Å². The predicted molar refractivity (Wildman–Crippen MR) is 67.1 cm³/mol. The van der Waals surface area contributed by atoms with Crippen molar-refractivity contribution in [1.82, 2.24) is 4.90 Å². The maximum Gasteiger partial charge on any atom is 0.255 e. The third kappa shape index (κ3) is 2.42. The van der Waals surface area contributed by atoms with Crippen LogP contribution >= 0.6 is 0 Å². The van der Waals surface area contributed by atoms with E-state index in [1.807, 2.05) is 31.2 Å². The summed E-state index contributed by atoms with van der Waals surface area (Å²) in [5.41, 5.74) is 1.60. The van der Waals surface area contributed by atoms with E-state index in [9.17, 15) is 4.79 Å². The minimum absolute atomic E-state index is 0.0475. The number of nitrogens with one attached hydrogen (secondary N) is 1. The van der Waals surface area contributed by atoms with Crippen LogP contribution in [0.5, 0.6) is 0 Å². The number of nitrogens with zero attached hydrogens (tertiary/aromatic N) is 1.